The van der Waals surface area contributed by atoms with E-state index in [-0.39, 0.29) is 0 Å². The molecule has 0 bridgehead atoms. The van der Waals surface area contributed by atoms with Crippen LogP contribution in [-0.2, 0) is 21.5 Å². The van der Waals surface area contributed by atoms with Crippen LogP contribution in [0.5, 0.6) is 11.5 Å². The van der Waals surface area contributed by atoms with Gasteiger partial charge in [0.1, 0.15) is 13.2 Å². The second kappa shape index (κ2) is 7.04. The van der Waals surface area contributed by atoms with Crippen LogP contribution in [0.25, 0.3) is 0 Å². The molecular weight excluding hydrogens is 320 g/mol. The zero-order valence-corrected chi connectivity index (χ0v) is 14.0. The summed E-state index contributed by atoms with van der Waals surface area (Å²) >= 11 is 0. The van der Waals surface area contributed by atoms with Crippen molar-refractivity contribution in [3.05, 3.63) is 23.8 Å². The van der Waals surface area contributed by atoms with Gasteiger partial charge in [-0.05, 0) is 17.7 Å². The summed E-state index contributed by atoms with van der Waals surface area (Å²) in [6.07, 6.45) is 0. The zero-order chi connectivity index (χ0) is 16.3. The third-order valence-corrected chi connectivity index (χ3v) is 6.00. The van der Waals surface area contributed by atoms with Crippen LogP contribution in [0.1, 0.15) is 12.5 Å². The lowest BCUT2D eigenvalue weighted by Crippen LogP contribution is -2.48. The van der Waals surface area contributed by atoms with Gasteiger partial charge in [0.25, 0.3) is 10.2 Å². The number of hydrogen-bond donors (Lipinski definition) is 0. The molecule has 0 N–H and O–H groups in total. The van der Waals surface area contributed by atoms with Gasteiger partial charge in [0.2, 0.25) is 0 Å². The van der Waals surface area contributed by atoms with Crippen molar-refractivity contribution in [2.75, 3.05) is 46.1 Å². The number of morpholine rings is 1. The number of nitrogens with zero attached hydrogens (tertiary/aromatic N) is 2. The summed E-state index contributed by atoms with van der Waals surface area (Å²) in [5.41, 5.74) is 0.882. The van der Waals surface area contributed by atoms with Crippen molar-refractivity contribution in [2.24, 2.45) is 0 Å². The third-order valence-electron chi connectivity index (χ3n) is 3.94. The molecule has 7 nitrogen and oxygen atoms in total. The largest absolute Gasteiger partial charge is 0.486 e. The van der Waals surface area contributed by atoms with E-state index in [1.54, 1.807) is 0 Å². The monoisotopic (exact) mass is 342 g/mol. The Morgan fingerprint density at radius 1 is 1.09 bits per heavy atom. The van der Waals surface area contributed by atoms with Gasteiger partial charge in [0.15, 0.2) is 11.5 Å². The molecule has 8 heteroatoms. The Balaban J connectivity index is 1.76. The first-order chi connectivity index (χ1) is 11.1. The third kappa shape index (κ3) is 3.60. The van der Waals surface area contributed by atoms with Crippen molar-refractivity contribution < 1.29 is 22.6 Å². The summed E-state index contributed by atoms with van der Waals surface area (Å²) in [6.45, 7) is 5.32. The first kappa shape index (κ1) is 16.5. The number of ether oxygens (including phenoxy) is 3. The molecule has 1 saturated heterocycles. The molecule has 0 amide bonds. The highest BCUT2D eigenvalue weighted by molar-refractivity contribution is 7.86. The van der Waals surface area contributed by atoms with Gasteiger partial charge >= 0.3 is 0 Å². The van der Waals surface area contributed by atoms with Gasteiger partial charge in [-0.2, -0.15) is 17.0 Å². The minimum absolute atomic E-state index is 0.312. The summed E-state index contributed by atoms with van der Waals surface area (Å²) in [7, 11) is -3.48. The molecule has 0 radical (unpaired) electrons. The van der Waals surface area contributed by atoms with Gasteiger partial charge in [-0.25, -0.2) is 0 Å². The normalized spacial score (nSPS) is 19.0. The molecule has 0 spiro atoms. The number of hydrogen-bond acceptors (Lipinski definition) is 5. The molecule has 3 rings (SSSR count). The fourth-order valence-corrected chi connectivity index (χ4v) is 4.26. The van der Waals surface area contributed by atoms with Crippen LogP contribution in [0.2, 0.25) is 0 Å². The maximum absolute atomic E-state index is 12.8. The molecule has 0 saturated carbocycles. The van der Waals surface area contributed by atoms with E-state index in [1.165, 1.54) is 8.61 Å². The zero-order valence-electron chi connectivity index (χ0n) is 13.2. The van der Waals surface area contributed by atoms with Crippen LogP contribution in [0.4, 0.5) is 0 Å². The van der Waals surface area contributed by atoms with Crippen molar-refractivity contribution in [1.82, 2.24) is 8.61 Å². The van der Waals surface area contributed by atoms with Gasteiger partial charge in [-0.1, -0.05) is 13.0 Å². The minimum atomic E-state index is -3.48. The fraction of sp³-hybridized carbons (Fsp3) is 0.600. The molecule has 128 valence electrons. The first-order valence-electron chi connectivity index (χ1n) is 7.83. The van der Waals surface area contributed by atoms with Crippen molar-refractivity contribution in [3.8, 4) is 11.5 Å². The Morgan fingerprint density at radius 2 is 1.78 bits per heavy atom. The van der Waals surface area contributed by atoms with Crippen molar-refractivity contribution in [1.29, 1.82) is 0 Å². The molecule has 1 fully saturated rings. The predicted octanol–water partition coefficient (Wildman–Crippen LogP) is 0.857. The van der Waals surface area contributed by atoms with Crippen LogP contribution in [0.15, 0.2) is 18.2 Å². The van der Waals surface area contributed by atoms with E-state index in [0.29, 0.717) is 64.1 Å². The van der Waals surface area contributed by atoms with E-state index < -0.39 is 10.2 Å². The second-order valence-corrected chi connectivity index (χ2v) is 7.35. The van der Waals surface area contributed by atoms with Gasteiger partial charge in [-0.15, -0.1) is 0 Å². The highest BCUT2D eigenvalue weighted by Gasteiger charge is 2.30. The van der Waals surface area contributed by atoms with E-state index in [9.17, 15) is 8.42 Å². The average Bonchev–Trinajstić information content (AvgIpc) is 2.60. The Labute approximate surface area is 136 Å². The van der Waals surface area contributed by atoms with Gasteiger partial charge in [-0.3, -0.25) is 0 Å². The summed E-state index contributed by atoms with van der Waals surface area (Å²) < 4.78 is 44.7. The van der Waals surface area contributed by atoms with Crippen molar-refractivity contribution >= 4 is 10.2 Å². The van der Waals surface area contributed by atoms with E-state index in [2.05, 4.69) is 0 Å². The maximum atomic E-state index is 12.8. The summed E-state index contributed by atoms with van der Waals surface area (Å²) in [5.74, 6) is 1.38. The standard InChI is InChI=1S/C15H22N2O5S/c1-2-16(23(18,19)17-5-7-20-8-6-17)12-13-3-4-14-15(11-13)22-10-9-21-14/h3-4,11H,2,5-10,12H2,1H3. The average molecular weight is 342 g/mol. The van der Waals surface area contributed by atoms with Crippen molar-refractivity contribution in [3.63, 3.8) is 0 Å². The summed E-state index contributed by atoms with van der Waals surface area (Å²) in [4.78, 5) is 0. The SMILES string of the molecule is CCN(Cc1ccc2c(c1)OCCO2)S(=O)(=O)N1CCOCC1. The number of fused-ring (bicyclic) bond motifs is 1. The van der Waals surface area contributed by atoms with Crippen LogP contribution in [-0.4, -0.2) is 63.1 Å². The molecule has 2 heterocycles. The Hall–Kier alpha value is -1.35. The molecule has 0 atom stereocenters. The highest BCUT2D eigenvalue weighted by atomic mass is 32.2. The molecule has 2 aliphatic heterocycles. The molecule has 0 aliphatic carbocycles. The fourth-order valence-electron chi connectivity index (χ4n) is 2.69. The maximum Gasteiger partial charge on any atom is 0.282 e. The molecular formula is C15H22N2O5S. The topological polar surface area (TPSA) is 68.3 Å². The lowest BCUT2D eigenvalue weighted by atomic mass is 10.2. The predicted molar refractivity (Wildman–Crippen MR) is 84.8 cm³/mol. The lowest BCUT2D eigenvalue weighted by molar-refractivity contribution is 0.0701. The Morgan fingerprint density at radius 3 is 2.48 bits per heavy atom. The Bertz CT molecular complexity index is 643. The highest BCUT2D eigenvalue weighted by Crippen LogP contribution is 2.31. The quantitative estimate of drug-likeness (QED) is 0.794. The molecule has 1 aromatic carbocycles. The van der Waals surface area contributed by atoms with E-state index in [1.807, 2.05) is 25.1 Å². The van der Waals surface area contributed by atoms with Gasteiger partial charge in [0, 0.05) is 26.2 Å². The van der Waals surface area contributed by atoms with Crippen LogP contribution in [0, 0.1) is 0 Å². The Kier molecular flexibility index (Phi) is 5.05. The van der Waals surface area contributed by atoms with Crippen LogP contribution < -0.4 is 9.47 Å². The first-order valence-corrected chi connectivity index (χ1v) is 9.22. The van der Waals surface area contributed by atoms with Gasteiger partial charge in [0.05, 0.1) is 13.2 Å². The van der Waals surface area contributed by atoms with Crippen LogP contribution >= 0.6 is 0 Å². The van der Waals surface area contributed by atoms with Crippen LogP contribution in [0.3, 0.4) is 0 Å². The smallest absolute Gasteiger partial charge is 0.282 e. The molecule has 2 aliphatic rings. The molecule has 0 aromatic heterocycles. The number of rotatable bonds is 5. The molecule has 0 unspecified atom stereocenters. The van der Waals surface area contributed by atoms with Gasteiger partial charge < -0.3 is 14.2 Å². The number of benzene rings is 1. The molecule has 23 heavy (non-hydrogen) atoms. The van der Waals surface area contributed by atoms with E-state index >= 15 is 0 Å². The summed E-state index contributed by atoms with van der Waals surface area (Å²) in [5, 5.41) is 0. The summed E-state index contributed by atoms with van der Waals surface area (Å²) in [6, 6.07) is 5.57. The van der Waals surface area contributed by atoms with Crippen molar-refractivity contribution in [2.45, 2.75) is 13.5 Å². The van der Waals surface area contributed by atoms with E-state index in [0.717, 1.165) is 5.56 Å². The van der Waals surface area contributed by atoms with E-state index in [4.69, 9.17) is 14.2 Å². The second-order valence-electron chi connectivity index (χ2n) is 5.42. The lowest BCUT2D eigenvalue weighted by Gasteiger charge is -2.31. The minimum Gasteiger partial charge on any atom is -0.486 e. The molecule has 1 aromatic rings.